The molecule has 0 heterocycles. The minimum Gasteiger partial charge on any atom is -0.756 e. The zero-order valence-electron chi connectivity index (χ0n) is 32.3. The summed E-state index contributed by atoms with van der Waals surface area (Å²) in [5.41, 5.74) is 0. The smallest absolute Gasteiger partial charge is 0.306 e. The van der Waals surface area contributed by atoms with E-state index < -0.39 is 19.9 Å². The topological polar surface area (TPSA) is 94.1 Å². The summed E-state index contributed by atoms with van der Waals surface area (Å²) < 4.78 is 34.3. The third-order valence-corrected chi connectivity index (χ3v) is 8.47. The van der Waals surface area contributed by atoms with E-state index >= 15 is 0 Å². The summed E-state index contributed by atoms with van der Waals surface area (Å²) >= 11 is 0. The number of phosphoric acid groups is 1. The molecule has 9 heteroatoms. The van der Waals surface area contributed by atoms with Gasteiger partial charge in [-0.3, -0.25) is 9.36 Å². The second-order valence-electron chi connectivity index (χ2n) is 13.5. The lowest BCUT2D eigenvalue weighted by molar-refractivity contribution is -0.870. The summed E-state index contributed by atoms with van der Waals surface area (Å²) in [5, 5.41) is 0. The average Bonchev–Trinajstić information content (AvgIpc) is 3.06. The molecule has 8 nitrogen and oxygen atoms in total. The first-order valence-corrected chi connectivity index (χ1v) is 20.6. The van der Waals surface area contributed by atoms with Gasteiger partial charge in [-0.25, -0.2) is 0 Å². The Morgan fingerprint density at radius 1 is 0.640 bits per heavy atom. The van der Waals surface area contributed by atoms with Gasteiger partial charge in [-0.15, -0.1) is 0 Å². The summed E-state index contributed by atoms with van der Waals surface area (Å²) in [6.45, 7) is 5.09. The molecule has 0 fully saturated rings. The molecule has 0 radical (unpaired) electrons. The fourth-order valence-electron chi connectivity index (χ4n) is 4.51. The van der Waals surface area contributed by atoms with Crippen molar-refractivity contribution >= 4 is 13.8 Å². The van der Waals surface area contributed by atoms with Crippen LogP contribution in [-0.2, 0) is 27.9 Å². The number of phosphoric ester groups is 1. The lowest BCUT2D eigenvalue weighted by atomic mass is 10.1. The van der Waals surface area contributed by atoms with Crippen molar-refractivity contribution in [2.45, 2.75) is 129 Å². The molecule has 0 aliphatic heterocycles. The third kappa shape index (κ3) is 37.2. The summed E-state index contributed by atoms with van der Waals surface area (Å²) in [6.07, 6.45) is 42.1. The van der Waals surface area contributed by atoms with E-state index in [0.29, 0.717) is 24.1 Å². The largest absolute Gasteiger partial charge is 0.756 e. The Morgan fingerprint density at radius 2 is 1.16 bits per heavy atom. The molecule has 0 saturated heterocycles. The number of carbonyl (C=O) groups is 1. The van der Waals surface area contributed by atoms with Gasteiger partial charge >= 0.3 is 5.97 Å². The van der Waals surface area contributed by atoms with Crippen LogP contribution in [0.25, 0.3) is 0 Å². The molecular weight excluding hydrogens is 649 g/mol. The predicted octanol–water partition coefficient (Wildman–Crippen LogP) is 10.1. The SMILES string of the molecule is CC/C=C\C/C=C\C/C=C\C/C=C\CCC(=O)OC(COCCCCCCCC/C=C\C/C=C\CCCC)COP(=O)([O-])OCC[N+](C)(C)C. The number of unbranched alkanes of at least 4 members (excludes halogenated alkanes) is 8. The first-order chi connectivity index (χ1) is 24.1. The number of hydrogen-bond donors (Lipinski definition) is 0. The van der Waals surface area contributed by atoms with Crippen LogP contribution >= 0.6 is 7.82 Å². The van der Waals surface area contributed by atoms with Crippen LogP contribution in [0.2, 0.25) is 0 Å². The lowest BCUT2D eigenvalue weighted by Crippen LogP contribution is -2.37. The number of quaternary nitrogens is 1. The zero-order valence-corrected chi connectivity index (χ0v) is 33.2. The monoisotopic (exact) mass is 722 g/mol. The maximum absolute atomic E-state index is 12.6. The van der Waals surface area contributed by atoms with Gasteiger partial charge in [0.15, 0.2) is 0 Å². The Balaban J connectivity index is 4.44. The maximum atomic E-state index is 12.6. The Morgan fingerprint density at radius 3 is 1.74 bits per heavy atom. The van der Waals surface area contributed by atoms with Gasteiger partial charge < -0.3 is 27.9 Å². The van der Waals surface area contributed by atoms with Crippen LogP contribution in [0.3, 0.4) is 0 Å². The summed E-state index contributed by atoms with van der Waals surface area (Å²) in [4.78, 5) is 24.9. The highest BCUT2D eigenvalue weighted by Crippen LogP contribution is 2.38. The number of likely N-dealkylation sites (N-methyl/N-ethyl adjacent to an activating group) is 1. The van der Waals surface area contributed by atoms with E-state index in [1.165, 1.54) is 38.5 Å². The molecule has 50 heavy (non-hydrogen) atoms. The molecule has 0 aromatic heterocycles. The number of rotatable bonds is 34. The third-order valence-electron chi connectivity index (χ3n) is 7.51. The van der Waals surface area contributed by atoms with E-state index in [1.54, 1.807) is 0 Å². The highest BCUT2D eigenvalue weighted by Gasteiger charge is 2.20. The van der Waals surface area contributed by atoms with Crippen LogP contribution < -0.4 is 4.89 Å². The predicted molar refractivity (Wildman–Crippen MR) is 208 cm³/mol. The van der Waals surface area contributed by atoms with Gasteiger partial charge in [0.25, 0.3) is 7.82 Å². The van der Waals surface area contributed by atoms with E-state index in [0.717, 1.165) is 57.8 Å². The van der Waals surface area contributed by atoms with Crippen molar-refractivity contribution in [1.82, 2.24) is 0 Å². The summed E-state index contributed by atoms with van der Waals surface area (Å²) in [7, 11) is 1.29. The van der Waals surface area contributed by atoms with Crippen LogP contribution in [0.1, 0.15) is 123 Å². The number of hydrogen-bond acceptors (Lipinski definition) is 7. The van der Waals surface area contributed by atoms with E-state index in [2.05, 4.69) is 74.6 Å². The van der Waals surface area contributed by atoms with Gasteiger partial charge in [0.1, 0.15) is 19.3 Å². The Labute approximate surface area is 306 Å². The van der Waals surface area contributed by atoms with Gasteiger partial charge in [-0.05, 0) is 64.2 Å². The fourth-order valence-corrected chi connectivity index (χ4v) is 5.24. The van der Waals surface area contributed by atoms with Gasteiger partial charge in [-0.2, -0.15) is 0 Å². The van der Waals surface area contributed by atoms with Gasteiger partial charge in [0, 0.05) is 13.0 Å². The Hall–Kier alpha value is -2.06. The van der Waals surface area contributed by atoms with Crippen molar-refractivity contribution in [3.8, 4) is 0 Å². The van der Waals surface area contributed by atoms with Crippen molar-refractivity contribution in [2.24, 2.45) is 0 Å². The van der Waals surface area contributed by atoms with E-state index in [-0.39, 0.29) is 26.2 Å². The highest BCUT2D eigenvalue weighted by molar-refractivity contribution is 7.45. The molecule has 0 aromatic rings. The molecule has 288 valence electrons. The van der Waals surface area contributed by atoms with Crippen molar-refractivity contribution in [2.75, 3.05) is 54.1 Å². The molecular formula is C41H72NO7P. The minimum atomic E-state index is -4.54. The molecule has 0 rings (SSSR count). The standard InChI is InChI=1S/C41H72NO7P/c1-6-8-10-12-14-16-18-20-21-23-25-27-29-31-33-36-46-38-40(39-48-50(44,45)47-37-35-42(3,4)5)49-41(43)34-32-30-28-26-24-22-19-17-15-13-11-9-7-2/h9,11-12,14-15,17-18,20,22,24,28,30,40H,6-8,10,13,16,19,21,23,25-27,29,31-39H2,1-5H3/b11-9-,14-12-,17-15-,20-18-,24-22-,30-28-. The number of ether oxygens (including phenoxy) is 2. The molecule has 0 aromatic carbocycles. The van der Waals surface area contributed by atoms with Crippen molar-refractivity contribution in [3.63, 3.8) is 0 Å². The minimum absolute atomic E-state index is 0.00753. The maximum Gasteiger partial charge on any atom is 0.306 e. The van der Waals surface area contributed by atoms with Gasteiger partial charge in [0.2, 0.25) is 0 Å². The molecule has 0 aliphatic rings. The van der Waals surface area contributed by atoms with Crippen LogP contribution in [0.5, 0.6) is 0 Å². The molecule has 0 saturated carbocycles. The van der Waals surface area contributed by atoms with E-state index in [4.69, 9.17) is 18.5 Å². The van der Waals surface area contributed by atoms with E-state index in [1.807, 2.05) is 33.3 Å². The molecule has 2 unspecified atom stereocenters. The average molecular weight is 722 g/mol. The quantitative estimate of drug-likeness (QED) is 0.0215. The molecule has 0 N–H and O–H groups in total. The highest BCUT2D eigenvalue weighted by atomic mass is 31.2. The second-order valence-corrected chi connectivity index (χ2v) is 15.0. The van der Waals surface area contributed by atoms with Crippen LogP contribution in [0.4, 0.5) is 0 Å². The van der Waals surface area contributed by atoms with Gasteiger partial charge in [-0.1, -0.05) is 125 Å². The normalized spacial score (nSPS) is 14.8. The fraction of sp³-hybridized carbons (Fsp3) is 0.683. The van der Waals surface area contributed by atoms with Crippen LogP contribution in [0, 0.1) is 0 Å². The zero-order chi connectivity index (χ0) is 37.0. The number of allylic oxidation sites excluding steroid dienone is 12. The summed E-state index contributed by atoms with van der Waals surface area (Å²) in [5.74, 6) is -0.422. The number of carbonyl (C=O) groups excluding carboxylic acids is 1. The first-order valence-electron chi connectivity index (χ1n) is 19.2. The Bertz CT molecular complexity index is 1030. The van der Waals surface area contributed by atoms with E-state index in [9.17, 15) is 14.3 Å². The van der Waals surface area contributed by atoms with Gasteiger partial charge in [0.05, 0.1) is 34.4 Å². The number of nitrogens with zero attached hydrogens (tertiary/aromatic N) is 1. The first kappa shape index (κ1) is 47.9. The van der Waals surface area contributed by atoms with Crippen LogP contribution in [-0.4, -0.2) is 70.7 Å². The molecule has 2 atom stereocenters. The summed E-state index contributed by atoms with van der Waals surface area (Å²) in [6, 6.07) is 0. The molecule has 0 bridgehead atoms. The van der Waals surface area contributed by atoms with Crippen molar-refractivity contribution in [1.29, 1.82) is 0 Å². The van der Waals surface area contributed by atoms with Crippen LogP contribution in [0.15, 0.2) is 72.9 Å². The molecule has 0 aliphatic carbocycles. The van der Waals surface area contributed by atoms with Crippen molar-refractivity contribution in [3.05, 3.63) is 72.9 Å². The molecule has 0 amide bonds. The lowest BCUT2D eigenvalue weighted by Gasteiger charge is -2.28. The second kappa shape index (κ2) is 34.0. The molecule has 0 spiro atoms. The Kier molecular flexibility index (Phi) is 32.6. The number of esters is 1. The van der Waals surface area contributed by atoms with Crippen molar-refractivity contribution < 1.29 is 37.3 Å².